The van der Waals surface area contributed by atoms with E-state index in [1.165, 1.54) is 11.3 Å². The molecule has 0 fully saturated rings. The van der Waals surface area contributed by atoms with E-state index >= 15 is 0 Å². The number of aromatic nitrogens is 1. The zero-order valence-electron chi connectivity index (χ0n) is 12.7. The first-order chi connectivity index (χ1) is 9.36. The first kappa shape index (κ1) is 15.0. The van der Waals surface area contributed by atoms with Crippen molar-refractivity contribution in [3.63, 3.8) is 0 Å². The summed E-state index contributed by atoms with van der Waals surface area (Å²) in [7, 11) is 2.10. The molecule has 0 saturated carbocycles. The largest absolute Gasteiger partial charge is 0.398 e. The van der Waals surface area contributed by atoms with E-state index in [2.05, 4.69) is 44.2 Å². The Morgan fingerprint density at radius 3 is 2.50 bits per heavy atom. The van der Waals surface area contributed by atoms with Crippen molar-refractivity contribution in [1.29, 1.82) is 0 Å². The van der Waals surface area contributed by atoms with Crippen LogP contribution in [0.3, 0.4) is 0 Å². The van der Waals surface area contributed by atoms with Crippen LogP contribution in [-0.4, -0.2) is 16.9 Å². The van der Waals surface area contributed by atoms with E-state index in [0.29, 0.717) is 0 Å². The van der Waals surface area contributed by atoms with Gasteiger partial charge in [-0.25, -0.2) is 4.98 Å². The molecule has 2 aromatic rings. The van der Waals surface area contributed by atoms with Crippen LogP contribution >= 0.6 is 11.3 Å². The first-order valence-electron chi connectivity index (χ1n) is 6.83. The van der Waals surface area contributed by atoms with Crippen molar-refractivity contribution in [2.45, 2.75) is 39.3 Å². The number of hydrogen-bond donors (Lipinski definition) is 1. The van der Waals surface area contributed by atoms with Gasteiger partial charge in [-0.15, -0.1) is 11.3 Å². The zero-order chi connectivity index (χ0) is 14.8. The van der Waals surface area contributed by atoms with Crippen molar-refractivity contribution in [3.8, 4) is 0 Å². The van der Waals surface area contributed by atoms with Gasteiger partial charge in [0.2, 0.25) is 0 Å². The first-order valence-corrected chi connectivity index (χ1v) is 7.71. The summed E-state index contributed by atoms with van der Waals surface area (Å²) in [5.41, 5.74) is 9.30. The Morgan fingerprint density at radius 1 is 1.20 bits per heavy atom. The van der Waals surface area contributed by atoms with Crippen LogP contribution in [0.15, 0.2) is 29.6 Å². The smallest absolute Gasteiger partial charge is 0.107 e. The Labute approximate surface area is 125 Å². The van der Waals surface area contributed by atoms with Gasteiger partial charge < -0.3 is 5.73 Å². The summed E-state index contributed by atoms with van der Waals surface area (Å²) in [5, 5.41) is 3.33. The average Bonchev–Trinajstić information content (AvgIpc) is 2.80. The Bertz CT molecular complexity index is 569. The lowest BCUT2D eigenvalue weighted by molar-refractivity contribution is 0.318. The molecular weight excluding hydrogens is 266 g/mol. The Kier molecular flexibility index (Phi) is 4.45. The van der Waals surface area contributed by atoms with E-state index in [1.54, 1.807) is 11.3 Å². The van der Waals surface area contributed by atoms with Crippen molar-refractivity contribution in [2.75, 3.05) is 12.8 Å². The number of nitrogens with zero attached hydrogens (tertiary/aromatic N) is 2. The summed E-state index contributed by atoms with van der Waals surface area (Å²) < 4.78 is 0. The van der Waals surface area contributed by atoms with Crippen LogP contribution in [0.1, 0.15) is 37.0 Å². The van der Waals surface area contributed by atoms with E-state index in [-0.39, 0.29) is 5.41 Å². The maximum absolute atomic E-state index is 5.98. The van der Waals surface area contributed by atoms with E-state index in [9.17, 15) is 0 Å². The number of nitrogens with two attached hydrogens (primary N) is 1. The molecule has 0 unspecified atom stereocenters. The molecule has 0 aliphatic carbocycles. The molecule has 108 valence electrons. The van der Waals surface area contributed by atoms with Crippen LogP contribution in [-0.2, 0) is 18.5 Å². The van der Waals surface area contributed by atoms with Crippen molar-refractivity contribution < 1.29 is 0 Å². The molecule has 0 spiro atoms. The third kappa shape index (κ3) is 3.81. The fourth-order valence-electron chi connectivity index (χ4n) is 1.98. The van der Waals surface area contributed by atoms with Gasteiger partial charge in [0.1, 0.15) is 5.01 Å². The second kappa shape index (κ2) is 5.94. The van der Waals surface area contributed by atoms with Crippen molar-refractivity contribution in [3.05, 3.63) is 45.9 Å². The molecule has 0 aliphatic rings. The summed E-state index contributed by atoms with van der Waals surface area (Å²) in [6.07, 6.45) is 0. The summed E-state index contributed by atoms with van der Waals surface area (Å²) >= 11 is 1.74. The highest BCUT2D eigenvalue weighted by atomic mass is 32.1. The van der Waals surface area contributed by atoms with Crippen LogP contribution in [0.25, 0.3) is 0 Å². The van der Waals surface area contributed by atoms with Crippen LogP contribution < -0.4 is 5.73 Å². The third-order valence-electron chi connectivity index (χ3n) is 3.22. The zero-order valence-corrected chi connectivity index (χ0v) is 13.5. The average molecular weight is 289 g/mol. The molecule has 2 N–H and O–H groups in total. The lowest BCUT2D eigenvalue weighted by Gasteiger charge is -2.17. The number of thiazole rings is 1. The van der Waals surface area contributed by atoms with Gasteiger partial charge in [-0.2, -0.15) is 0 Å². The van der Waals surface area contributed by atoms with E-state index < -0.39 is 0 Å². The molecule has 3 nitrogen and oxygen atoms in total. The second-order valence-electron chi connectivity index (χ2n) is 6.25. The molecule has 0 saturated heterocycles. The molecule has 1 heterocycles. The van der Waals surface area contributed by atoms with Gasteiger partial charge in [0.15, 0.2) is 0 Å². The molecule has 0 atom stereocenters. The molecule has 0 aliphatic heterocycles. The maximum Gasteiger partial charge on any atom is 0.107 e. The number of nitrogen functional groups attached to an aromatic ring is 1. The van der Waals surface area contributed by atoms with Gasteiger partial charge in [-0.3, -0.25) is 4.90 Å². The number of hydrogen-bond acceptors (Lipinski definition) is 4. The standard InChI is InChI=1S/C16H23N3S/c1-16(2,3)14-11-20-15(18-14)10-19(4)9-12-7-5-6-8-13(12)17/h5-8,11H,9-10,17H2,1-4H3. The molecule has 20 heavy (non-hydrogen) atoms. The minimum Gasteiger partial charge on any atom is -0.398 e. The van der Waals surface area contributed by atoms with Gasteiger partial charge in [0.05, 0.1) is 12.2 Å². The van der Waals surface area contributed by atoms with Gasteiger partial charge >= 0.3 is 0 Å². The predicted octanol–water partition coefficient (Wildman–Crippen LogP) is 3.65. The Hall–Kier alpha value is -1.39. The van der Waals surface area contributed by atoms with Gasteiger partial charge in [0, 0.05) is 23.0 Å². The molecule has 2 rings (SSSR count). The Morgan fingerprint density at radius 2 is 1.90 bits per heavy atom. The monoisotopic (exact) mass is 289 g/mol. The quantitative estimate of drug-likeness (QED) is 0.874. The molecular formula is C16H23N3S. The summed E-state index contributed by atoms with van der Waals surface area (Å²) in [6, 6.07) is 8.02. The summed E-state index contributed by atoms with van der Waals surface area (Å²) in [6.45, 7) is 8.28. The minimum atomic E-state index is 0.122. The van der Waals surface area contributed by atoms with Gasteiger partial charge in [0.25, 0.3) is 0 Å². The maximum atomic E-state index is 5.98. The van der Waals surface area contributed by atoms with Crippen molar-refractivity contribution >= 4 is 17.0 Å². The number of benzene rings is 1. The lowest BCUT2D eigenvalue weighted by atomic mass is 9.93. The molecule has 1 aromatic carbocycles. The summed E-state index contributed by atoms with van der Waals surface area (Å²) in [4.78, 5) is 6.98. The normalized spacial score (nSPS) is 12.1. The lowest BCUT2D eigenvalue weighted by Crippen LogP contribution is -2.18. The summed E-state index contributed by atoms with van der Waals surface area (Å²) in [5.74, 6) is 0. The highest BCUT2D eigenvalue weighted by Crippen LogP contribution is 2.24. The number of rotatable bonds is 4. The van der Waals surface area contributed by atoms with Gasteiger partial charge in [-0.05, 0) is 18.7 Å². The molecule has 0 bridgehead atoms. The number of para-hydroxylation sites is 1. The fraction of sp³-hybridized carbons (Fsp3) is 0.438. The van der Waals surface area contributed by atoms with Crippen LogP contribution in [0.2, 0.25) is 0 Å². The van der Waals surface area contributed by atoms with E-state index in [1.807, 2.05) is 18.2 Å². The third-order valence-corrected chi connectivity index (χ3v) is 4.05. The molecule has 4 heteroatoms. The molecule has 1 aromatic heterocycles. The van der Waals surface area contributed by atoms with Crippen LogP contribution in [0.4, 0.5) is 5.69 Å². The highest BCUT2D eigenvalue weighted by Gasteiger charge is 2.17. The van der Waals surface area contributed by atoms with Crippen LogP contribution in [0, 0.1) is 0 Å². The molecule has 0 amide bonds. The number of anilines is 1. The van der Waals surface area contributed by atoms with Crippen LogP contribution in [0.5, 0.6) is 0 Å². The topological polar surface area (TPSA) is 42.2 Å². The van der Waals surface area contributed by atoms with Crippen molar-refractivity contribution in [2.24, 2.45) is 0 Å². The second-order valence-corrected chi connectivity index (χ2v) is 7.19. The highest BCUT2D eigenvalue weighted by molar-refractivity contribution is 7.09. The predicted molar refractivity (Wildman–Crippen MR) is 86.8 cm³/mol. The Balaban J connectivity index is 2.00. The SMILES string of the molecule is CN(Cc1nc(C(C)(C)C)cs1)Cc1ccccc1N. The minimum absolute atomic E-state index is 0.122. The fourth-order valence-corrected chi connectivity index (χ4v) is 3.08. The van der Waals surface area contributed by atoms with Gasteiger partial charge in [-0.1, -0.05) is 39.0 Å². The molecule has 0 radical (unpaired) electrons. The van der Waals surface area contributed by atoms with E-state index in [4.69, 9.17) is 10.7 Å². The van der Waals surface area contributed by atoms with Crippen molar-refractivity contribution in [1.82, 2.24) is 9.88 Å². The van der Waals surface area contributed by atoms with E-state index in [0.717, 1.165) is 23.8 Å².